The van der Waals surface area contributed by atoms with Gasteiger partial charge in [0.05, 0.1) is 0 Å². The van der Waals surface area contributed by atoms with Crippen LogP contribution < -0.4 is 10.1 Å². The first-order valence-electron chi connectivity index (χ1n) is 4.62. The molecule has 1 atom stereocenters. The summed E-state index contributed by atoms with van der Waals surface area (Å²) in [6, 6.07) is 3.06. The summed E-state index contributed by atoms with van der Waals surface area (Å²) in [5.41, 5.74) is -0.297. The average molecular weight is 263 g/mol. The number of para-hydroxylation sites is 1. The van der Waals surface area contributed by atoms with E-state index in [0.717, 1.165) is 12.1 Å². The number of amides is 1. The zero-order chi connectivity index (χ0) is 13.8. The van der Waals surface area contributed by atoms with Crippen molar-refractivity contribution in [3.8, 4) is 5.75 Å². The molecule has 1 aromatic rings. The molecule has 1 rings (SSSR count). The number of carbonyl (C=O) groups is 2. The van der Waals surface area contributed by atoms with Crippen molar-refractivity contribution in [3.05, 3.63) is 29.8 Å². The zero-order valence-corrected chi connectivity index (χ0v) is 8.77. The maximum absolute atomic E-state index is 12.1. The highest BCUT2D eigenvalue weighted by molar-refractivity contribution is 5.79. The van der Waals surface area contributed by atoms with Gasteiger partial charge in [-0.25, -0.2) is 4.79 Å². The molecule has 0 aliphatic carbocycles. The fourth-order valence-electron chi connectivity index (χ4n) is 1.30. The number of carbonyl (C=O) groups excluding carboxylic acids is 1. The Balaban J connectivity index is 3.13. The standard InChI is InChI=1S/C10H8F3NO4/c11-10(12,13)18-7-4-2-1-3-6(7)8(9(16)17)14-5-15/h1-5,8H,(H,14,15)(H,16,17). The Morgan fingerprint density at radius 3 is 2.50 bits per heavy atom. The van der Waals surface area contributed by atoms with Gasteiger partial charge in [-0.05, 0) is 6.07 Å². The minimum absolute atomic E-state index is 0.0865. The van der Waals surface area contributed by atoms with Crippen LogP contribution in [0.5, 0.6) is 5.75 Å². The molecule has 5 nitrogen and oxygen atoms in total. The lowest BCUT2D eigenvalue weighted by atomic mass is 10.1. The number of rotatable bonds is 5. The van der Waals surface area contributed by atoms with E-state index in [1.807, 2.05) is 5.32 Å². The molecule has 0 aliphatic rings. The van der Waals surface area contributed by atoms with E-state index in [0.29, 0.717) is 0 Å². The molecule has 8 heteroatoms. The van der Waals surface area contributed by atoms with Gasteiger partial charge in [-0.2, -0.15) is 0 Å². The van der Waals surface area contributed by atoms with Crippen molar-refractivity contribution in [3.63, 3.8) is 0 Å². The Hall–Kier alpha value is -2.25. The van der Waals surface area contributed by atoms with Gasteiger partial charge in [-0.3, -0.25) is 4.79 Å². The molecule has 0 radical (unpaired) electrons. The van der Waals surface area contributed by atoms with E-state index >= 15 is 0 Å². The van der Waals surface area contributed by atoms with Crippen LogP contribution in [0, 0.1) is 0 Å². The number of carboxylic acids is 1. The first-order chi connectivity index (χ1) is 8.35. The molecular formula is C10H8F3NO4. The number of nitrogens with one attached hydrogen (secondary N) is 1. The number of hydrogen-bond acceptors (Lipinski definition) is 3. The molecule has 2 N–H and O–H groups in total. The Bertz CT molecular complexity index is 447. The third kappa shape index (κ3) is 3.65. The van der Waals surface area contributed by atoms with Crippen molar-refractivity contribution in [2.24, 2.45) is 0 Å². The number of alkyl halides is 3. The zero-order valence-electron chi connectivity index (χ0n) is 8.77. The maximum atomic E-state index is 12.1. The summed E-state index contributed by atoms with van der Waals surface area (Å²) >= 11 is 0. The summed E-state index contributed by atoms with van der Waals surface area (Å²) in [6.45, 7) is 0. The third-order valence-electron chi connectivity index (χ3n) is 1.94. The molecule has 1 aromatic carbocycles. The van der Waals surface area contributed by atoms with E-state index in [9.17, 15) is 22.8 Å². The minimum atomic E-state index is -4.94. The van der Waals surface area contributed by atoms with Crippen molar-refractivity contribution in [2.75, 3.05) is 0 Å². The fourth-order valence-corrected chi connectivity index (χ4v) is 1.30. The second-order valence-electron chi connectivity index (χ2n) is 3.14. The van der Waals surface area contributed by atoms with Crippen LogP contribution in [0.3, 0.4) is 0 Å². The van der Waals surface area contributed by atoms with Crippen molar-refractivity contribution in [1.29, 1.82) is 0 Å². The van der Waals surface area contributed by atoms with Crippen molar-refractivity contribution >= 4 is 12.4 Å². The third-order valence-corrected chi connectivity index (χ3v) is 1.94. The first kappa shape index (κ1) is 13.8. The molecular weight excluding hydrogens is 255 g/mol. The van der Waals surface area contributed by atoms with Gasteiger partial charge in [0.15, 0.2) is 6.04 Å². The largest absolute Gasteiger partial charge is 0.573 e. The van der Waals surface area contributed by atoms with Crippen LogP contribution in [0.1, 0.15) is 11.6 Å². The molecule has 1 unspecified atom stereocenters. The molecule has 0 spiro atoms. The van der Waals surface area contributed by atoms with Crippen LogP contribution in [0.4, 0.5) is 13.2 Å². The Morgan fingerprint density at radius 2 is 2.00 bits per heavy atom. The van der Waals surface area contributed by atoms with Crippen molar-refractivity contribution in [1.82, 2.24) is 5.32 Å². The topological polar surface area (TPSA) is 75.6 Å². The molecule has 98 valence electrons. The van der Waals surface area contributed by atoms with Gasteiger partial charge in [0.2, 0.25) is 6.41 Å². The SMILES string of the molecule is O=CNC(C(=O)O)c1ccccc1OC(F)(F)F. The Kier molecular flexibility index (Phi) is 4.13. The second kappa shape index (κ2) is 5.39. The lowest BCUT2D eigenvalue weighted by molar-refractivity contribution is -0.275. The molecule has 0 bridgehead atoms. The van der Waals surface area contributed by atoms with Crippen LogP contribution in [-0.2, 0) is 9.59 Å². The number of hydrogen-bond donors (Lipinski definition) is 2. The van der Waals surface area contributed by atoms with Gasteiger partial charge in [0, 0.05) is 5.56 Å². The monoisotopic (exact) mass is 263 g/mol. The van der Waals surface area contributed by atoms with Crippen LogP contribution in [0.2, 0.25) is 0 Å². The van der Waals surface area contributed by atoms with Gasteiger partial charge < -0.3 is 15.2 Å². The molecule has 0 fully saturated rings. The normalized spacial score (nSPS) is 12.6. The highest BCUT2D eigenvalue weighted by Gasteiger charge is 2.34. The lowest BCUT2D eigenvalue weighted by Crippen LogP contribution is -2.28. The van der Waals surface area contributed by atoms with E-state index < -0.39 is 24.1 Å². The predicted molar refractivity (Wildman–Crippen MR) is 52.7 cm³/mol. The van der Waals surface area contributed by atoms with Gasteiger partial charge in [0.25, 0.3) is 0 Å². The van der Waals surface area contributed by atoms with E-state index in [-0.39, 0.29) is 12.0 Å². The summed E-state index contributed by atoms with van der Waals surface area (Å²) in [4.78, 5) is 21.1. The van der Waals surface area contributed by atoms with E-state index in [1.54, 1.807) is 0 Å². The van der Waals surface area contributed by atoms with Gasteiger partial charge in [0.1, 0.15) is 5.75 Å². The minimum Gasteiger partial charge on any atom is -0.479 e. The van der Waals surface area contributed by atoms with Crippen LogP contribution in [0.25, 0.3) is 0 Å². The van der Waals surface area contributed by atoms with Gasteiger partial charge in [-0.15, -0.1) is 13.2 Å². The molecule has 0 saturated heterocycles. The molecule has 0 aromatic heterocycles. The highest BCUT2D eigenvalue weighted by Crippen LogP contribution is 2.30. The predicted octanol–water partition coefficient (Wildman–Crippen LogP) is 1.46. The fraction of sp³-hybridized carbons (Fsp3) is 0.200. The van der Waals surface area contributed by atoms with Gasteiger partial charge in [-0.1, -0.05) is 18.2 Å². The number of carboxylic acid groups (broad SMARTS) is 1. The molecule has 0 heterocycles. The second-order valence-corrected chi connectivity index (χ2v) is 3.14. The highest BCUT2D eigenvalue weighted by atomic mass is 19.4. The van der Waals surface area contributed by atoms with Gasteiger partial charge >= 0.3 is 12.3 Å². The van der Waals surface area contributed by atoms with E-state index in [1.165, 1.54) is 12.1 Å². The quantitative estimate of drug-likeness (QED) is 0.788. The summed E-state index contributed by atoms with van der Waals surface area (Å²) in [5.74, 6) is -2.17. The Labute approximate surface area is 99.2 Å². The average Bonchev–Trinajstić information content (AvgIpc) is 2.24. The molecule has 1 amide bonds. The van der Waals surface area contributed by atoms with E-state index in [2.05, 4.69) is 4.74 Å². The summed E-state index contributed by atoms with van der Waals surface area (Å²) in [6.07, 6.45) is -4.86. The van der Waals surface area contributed by atoms with Crippen molar-refractivity contribution < 1.29 is 32.6 Å². The summed E-state index contributed by atoms with van der Waals surface area (Å²) in [5, 5.41) is 10.7. The van der Waals surface area contributed by atoms with Crippen LogP contribution in [-0.4, -0.2) is 23.8 Å². The van der Waals surface area contributed by atoms with Crippen molar-refractivity contribution in [2.45, 2.75) is 12.4 Å². The number of benzene rings is 1. The first-order valence-corrected chi connectivity index (χ1v) is 4.62. The van der Waals surface area contributed by atoms with E-state index in [4.69, 9.17) is 5.11 Å². The smallest absolute Gasteiger partial charge is 0.479 e. The van der Waals surface area contributed by atoms with Crippen LogP contribution in [0.15, 0.2) is 24.3 Å². The number of aliphatic carboxylic acids is 1. The van der Waals surface area contributed by atoms with Crippen LogP contribution >= 0.6 is 0 Å². The number of halogens is 3. The molecule has 18 heavy (non-hydrogen) atoms. The molecule has 0 aliphatic heterocycles. The Morgan fingerprint density at radius 1 is 1.39 bits per heavy atom. The summed E-state index contributed by atoms with van der Waals surface area (Å²) in [7, 11) is 0. The lowest BCUT2D eigenvalue weighted by Gasteiger charge is -2.17. The molecule has 0 saturated carbocycles. The summed E-state index contributed by atoms with van der Waals surface area (Å²) < 4.78 is 40.0. The number of ether oxygens (including phenoxy) is 1. The maximum Gasteiger partial charge on any atom is 0.573 e.